The van der Waals surface area contributed by atoms with Crippen molar-refractivity contribution in [3.63, 3.8) is 0 Å². The summed E-state index contributed by atoms with van der Waals surface area (Å²) in [5.74, 6) is -1.55. The third kappa shape index (κ3) is 5.34. The molecule has 8 heteroatoms. The van der Waals surface area contributed by atoms with Crippen molar-refractivity contribution in [3.8, 4) is 0 Å². The summed E-state index contributed by atoms with van der Waals surface area (Å²) in [6.07, 6.45) is 6.76. The molecule has 0 fully saturated rings. The van der Waals surface area contributed by atoms with E-state index in [0.29, 0.717) is 46.1 Å². The zero-order valence-corrected chi connectivity index (χ0v) is 26.6. The van der Waals surface area contributed by atoms with E-state index in [4.69, 9.17) is 15.2 Å². The van der Waals surface area contributed by atoms with E-state index in [1.54, 1.807) is 24.3 Å². The van der Waals surface area contributed by atoms with Crippen molar-refractivity contribution in [3.05, 3.63) is 70.8 Å². The molecule has 0 atom stereocenters. The first-order valence-electron chi connectivity index (χ1n) is 16.5. The number of imide groups is 1. The van der Waals surface area contributed by atoms with Crippen LogP contribution in [0.25, 0.3) is 43.1 Å². The Kier molecular flexibility index (Phi) is 9.17. The molecule has 2 amide bonds. The molecule has 6 rings (SSSR count). The number of hydrogen-bond acceptors (Lipinski definition) is 7. The third-order valence-corrected chi connectivity index (χ3v) is 9.09. The average Bonchev–Trinajstić information content (AvgIpc) is 3.07. The third-order valence-electron chi connectivity index (χ3n) is 9.09. The first kappa shape index (κ1) is 31.4. The van der Waals surface area contributed by atoms with Gasteiger partial charge in [0.25, 0.3) is 11.8 Å². The van der Waals surface area contributed by atoms with Gasteiger partial charge in [-0.2, -0.15) is 0 Å². The molecule has 0 bridgehead atoms. The Bertz CT molecular complexity index is 1850. The Morgan fingerprint density at radius 1 is 0.587 bits per heavy atom. The molecule has 5 aromatic carbocycles. The minimum Gasteiger partial charge on any atom is -0.462 e. The summed E-state index contributed by atoms with van der Waals surface area (Å²) in [6, 6.07) is 14.6. The maximum atomic E-state index is 13.7. The van der Waals surface area contributed by atoms with Gasteiger partial charge in [-0.25, -0.2) is 9.59 Å². The van der Waals surface area contributed by atoms with Gasteiger partial charge >= 0.3 is 11.9 Å². The standard InChI is InChI=1S/C38H40N2O6/c1-3-5-21-45-37(43)29-17-13-25-23-11-15-27-33-28(36(42)40(35(27)41)20-10-8-7-9-19-39)16-12-24(31(23)33)26-14-18-30(34(29)32(25)26)38(44)46-22-6-4-2/h11-18H,3-10,19-22,39H2,1-2H3. The number of esters is 2. The lowest BCUT2D eigenvalue weighted by Gasteiger charge is -2.28. The highest BCUT2D eigenvalue weighted by Gasteiger charge is 2.34. The van der Waals surface area contributed by atoms with Crippen LogP contribution in [-0.2, 0) is 9.47 Å². The van der Waals surface area contributed by atoms with Gasteiger partial charge in [-0.3, -0.25) is 14.5 Å². The van der Waals surface area contributed by atoms with Crippen molar-refractivity contribution in [2.45, 2.75) is 65.2 Å². The van der Waals surface area contributed by atoms with Crippen LogP contribution in [0.15, 0.2) is 48.5 Å². The van der Waals surface area contributed by atoms with Gasteiger partial charge in [0.15, 0.2) is 0 Å². The lowest BCUT2D eigenvalue weighted by Crippen LogP contribution is -2.40. The van der Waals surface area contributed by atoms with E-state index in [0.717, 1.165) is 83.7 Å². The van der Waals surface area contributed by atoms with Crippen molar-refractivity contribution in [1.82, 2.24) is 4.90 Å². The Morgan fingerprint density at radius 2 is 1.04 bits per heavy atom. The van der Waals surface area contributed by atoms with E-state index in [2.05, 4.69) is 0 Å². The summed E-state index contributed by atoms with van der Waals surface area (Å²) in [7, 11) is 0. The van der Waals surface area contributed by atoms with E-state index >= 15 is 0 Å². The van der Waals surface area contributed by atoms with E-state index < -0.39 is 11.9 Å². The van der Waals surface area contributed by atoms with Crippen LogP contribution in [0.4, 0.5) is 0 Å². The Balaban J connectivity index is 1.54. The maximum absolute atomic E-state index is 13.7. The highest BCUT2D eigenvalue weighted by atomic mass is 16.5. The number of ether oxygens (including phenoxy) is 2. The largest absolute Gasteiger partial charge is 0.462 e. The minimum atomic E-state index is -0.491. The number of rotatable bonds is 14. The van der Waals surface area contributed by atoms with Crippen LogP contribution >= 0.6 is 0 Å². The van der Waals surface area contributed by atoms with E-state index in [9.17, 15) is 19.2 Å². The predicted octanol–water partition coefficient (Wildman–Crippen LogP) is 7.77. The first-order valence-corrected chi connectivity index (χ1v) is 16.5. The van der Waals surface area contributed by atoms with E-state index in [1.165, 1.54) is 4.90 Å². The van der Waals surface area contributed by atoms with Crippen molar-refractivity contribution >= 4 is 66.8 Å². The fraction of sp³-hybridized carbons (Fsp3) is 0.368. The molecule has 0 saturated heterocycles. The molecule has 1 heterocycles. The smallest absolute Gasteiger partial charge is 0.338 e. The number of fused-ring (bicyclic) bond motifs is 2. The van der Waals surface area contributed by atoms with Crippen LogP contribution in [0.3, 0.4) is 0 Å². The SMILES string of the molecule is CCCCOC(=O)c1ccc2c3ccc4c5c(ccc(c6ccc(C(=O)OCCCC)c1c26)c53)C(=O)N(CCCCCCN)C4=O. The fourth-order valence-corrected chi connectivity index (χ4v) is 6.71. The quantitative estimate of drug-likeness (QED) is 0.0443. The molecule has 0 saturated carbocycles. The minimum absolute atomic E-state index is 0.286. The predicted molar refractivity (Wildman–Crippen MR) is 181 cm³/mol. The number of unbranched alkanes of at least 4 members (excludes halogenated alkanes) is 5. The molecule has 0 spiro atoms. The summed E-state index contributed by atoms with van der Waals surface area (Å²) >= 11 is 0. The maximum Gasteiger partial charge on any atom is 0.338 e. The van der Waals surface area contributed by atoms with E-state index in [1.807, 2.05) is 38.1 Å². The highest BCUT2D eigenvalue weighted by molar-refractivity contribution is 6.39. The summed E-state index contributed by atoms with van der Waals surface area (Å²) in [5, 5.41) is 6.02. The molecular formula is C38H40N2O6. The second-order valence-corrected chi connectivity index (χ2v) is 12.1. The number of nitrogens with two attached hydrogens (primary N) is 1. The van der Waals surface area contributed by atoms with Crippen LogP contribution in [0.5, 0.6) is 0 Å². The van der Waals surface area contributed by atoms with Crippen LogP contribution in [0.2, 0.25) is 0 Å². The molecule has 0 aromatic heterocycles. The zero-order valence-electron chi connectivity index (χ0n) is 26.6. The van der Waals surface area contributed by atoms with Gasteiger partial charge in [-0.1, -0.05) is 63.8 Å². The van der Waals surface area contributed by atoms with Gasteiger partial charge < -0.3 is 15.2 Å². The summed E-state index contributed by atoms with van der Waals surface area (Å²) in [4.78, 5) is 55.7. The summed E-state index contributed by atoms with van der Waals surface area (Å²) < 4.78 is 11.3. The first-order chi connectivity index (χ1) is 22.4. The fourth-order valence-electron chi connectivity index (χ4n) is 6.71. The molecular weight excluding hydrogens is 580 g/mol. The molecule has 1 aliphatic heterocycles. The monoisotopic (exact) mass is 620 g/mol. The number of hydrogen-bond donors (Lipinski definition) is 1. The van der Waals surface area contributed by atoms with Gasteiger partial charge in [-0.15, -0.1) is 0 Å². The molecule has 0 aliphatic carbocycles. The molecule has 8 nitrogen and oxygen atoms in total. The lowest BCUT2D eigenvalue weighted by molar-refractivity contribution is 0.0500. The topological polar surface area (TPSA) is 116 Å². The Labute approximate surface area is 268 Å². The highest BCUT2D eigenvalue weighted by Crippen LogP contribution is 2.45. The number of amides is 2. The molecule has 1 aliphatic rings. The average molecular weight is 621 g/mol. The van der Waals surface area contributed by atoms with Crippen LogP contribution < -0.4 is 5.73 Å². The zero-order chi connectivity index (χ0) is 32.4. The Morgan fingerprint density at radius 3 is 1.52 bits per heavy atom. The van der Waals surface area contributed by atoms with Crippen LogP contribution in [0, 0.1) is 0 Å². The van der Waals surface area contributed by atoms with Gasteiger partial charge in [0, 0.05) is 28.4 Å². The van der Waals surface area contributed by atoms with Crippen LogP contribution in [0.1, 0.15) is 107 Å². The van der Waals surface area contributed by atoms with Crippen LogP contribution in [-0.4, -0.2) is 55.0 Å². The molecule has 5 aromatic rings. The number of carbonyl (C=O) groups excluding carboxylic acids is 4. The number of carbonyl (C=O) groups is 4. The summed E-state index contributed by atoms with van der Waals surface area (Å²) in [5.41, 5.74) is 7.23. The summed E-state index contributed by atoms with van der Waals surface area (Å²) in [6.45, 7) is 5.62. The van der Waals surface area contributed by atoms with Gasteiger partial charge in [-0.05, 0) is 88.8 Å². The normalized spacial score (nSPS) is 13.1. The molecule has 2 N–H and O–H groups in total. The second-order valence-electron chi connectivity index (χ2n) is 12.1. The number of nitrogens with zero attached hydrogens (tertiary/aromatic N) is 1. The van der Waals surface area contributed by atoms with Crippen molar-refractivity contribution < 1.29 is 28.7 Å². The van der Waals surface area contributed by atoms with Crippen molar-refractivity contribution in [2.24, 2.45) is 5.73 Å². The van der Waals surface area contributed by atoms with Crippen molar-refractivity contribution in [1.29, 1.82) is 0 Å². The molecule has 0 unspecified atom stereocenters. The van der Waals surface area contributed by atoms with Gasteiger partial charge in [0.05, 0.1) is 24.3 Å². The van der Waals surface area contributed by atoms with E-state index in [-0.39, 0.29) is 25.0 Å². The Hall–Kier alpha value is -4.56. The molecule has 0 radical (unpaired) electrons. The van der Waals surface area contributed by atoms with Gasteiger partial charge in [0.2, 0.25) is 0 Å². The molecule has 238 valence electrons. The molecule has 46 heavy (non-hydrogen) atoms. The van der Waals surface area contributed by atoms with Gasteiger partial charge in [0.1, 0.15) is 0 Å². The number of benzene rings is 5. The second kappa shape index (κ2) is 13.4. The lowest BCUT2D eigenvalue weighted by atomic mass is 9.83. The van der Waals surface area contributed by atoms with Crippen molar-refractivity contribution in [2.75, 3.05) is 26.3 Å².